The molecular formula is C40H59FN2O6. The van der Waals surface area contributed by atoms with E-state index in [1.807, 2.05) is 33.8 Å². The van der Waals surface area contributed by atoms with Crippen LogP contribution >= 0.6 is 0 Å². The largest absolute Gasteiger partial charge is 0.498 e. The lowest BCUT2D eigenvalue weighted by Crippen LogP contribution is -2.55. The van der Waals surface area contributed by atoms with Gasteiger partial charge in [-0.25, -0.2) is 14.0 Å². The number of terminal acetylenes is 1. The van der Waals surface area contributed by atoms with Crippen molar-refractivity contribution >= 4 is 17.7 Å². The predicted octanol–water partition coefficient (Wildman–Crippen LogP) is 9.15. The maximum absolute atomic E-state index is 13.0. The molecule has 2 aliphatic rings. The van der Waals surface area contributed by atoms with E-state index < -0.39 is 24.3 Å². The molecule has 0 aromatic heterocycles. The van der Waals surface area contributed by atoms with Crippen LogP contribution in [0, 0.1) is 12.3 Å². The van der Waals surface area contributed by atoms with Gasteiger partial charge in [-0.3, -0.25) is 4.90 Å². The first-order valence-corrected chi connectivity index (χ1v) is 17.7. The van der Waals surface area contributed by atoms with Crippen molar-refractivity contribution in [3.8, 4) is 12.3 Å². The molecule has 0 atom stereocenters. The number of alkyl halides is 1. The number of unbranched alkanes of at least 4 members (excludes halogenated alkanes) is 1. The van der Waals surface area contributed by atoms with Crippen molar-refractivity contribution in [1.82, 2.24) is 4.90 Å². The summed E-state index contributed by atoms with van der Waals surface area (Å²) in [5.41, 5.74) is 2.11. The number of carboxylic acids is 1. The number of ether oxygens (including phenoxy) is 3. The van der Waals surface area contributed by atoms with Crippen LogP contribution in [0.15, 0.2) is 71.6 Å². The van der Waals surface area contributed by atoms with Crippen molar-refractivity contribution in [3.05, 3.63) is 77.1 Å². The van der Waals surface area contributed by atoms with E-state index >= 15 is 0 Å². The van der Waals surface area contributed by atoms with Crippen molar-refractivity contribution in [2.75, 3.05) is 57.6 Å². The van der Waals surface area contributed by atoms with Crippen molar-refractivity contribution < 1.29 is 33.3 Å². The number of carbonyl (C=O) groups is 2. The second-order valence-corrected chi connectivity index (χ2v) is 11.4. The Bertz CT molecular complexity index is 1290. The maximum Gasteiger partial charge on any atom is 0.414 e. The summed E-state index contributed by atoms with van der Waals surface area (Å²) in [5.74, 6) is 2.03. The van der Waals surface area contributed by atoms with Crippen LogP contribution in [0.25, 0.3) is 0 Å². The number of likely N-dealkylation sites (tertiary alicyclic amines) is 1. The number of nitrogens with zero attached hydrogens (tertiary/aromatic N) is 2. The van der Waals surface area contributed by atoms with Crippen LogP contribution in [0.1, 0.15) is 96.8 Å². The Balaban J connectivity index is 0.00000227. The maximum atomic E-state index is 13.0. The Kier molecular flexibility index (Phi) is 22.1. The Morgan fingerprint density at radius 3 is 2.35 bits per heavy atom. The molecule has 0 saturated carbocycles. The predicted molar refractivity (Wildman–Crippen MR) is 198 cm³/mol. The van der Waals surface area contributed by atoms with Crippen LogP contribution in [-0.2, 0) is 14.2 Å². The summed E-state index contributed by atoms with van der Waals surface area (Å²) in [6.07, 6.45) is 19.3. The molecule has 1 N–H and O–H groups in total. The number of benzene rings is 1. The van der Waals surface area contributed by atoms with Gasteiger partial charge in [-0.1, -0.05) is 63.6 Å². The molecule has 1 spiro atoms. The van der Waals surface area contributed by atoms with E-state index in [4.69, 9.17) is 14.2 Å². The van der Waals surface area contributed by atoms with Crippen molar-refractivity contribution in [3.63, 3.8) is 0 Å². The summed E-state index contributed by atoms with van der Waals surface area (Å²) in [6.45, 7) is 15.8. The molecular weight excluding hydrogens is 623 g/mol. The first kappa shape index (κ1) is 43.2. The fourth-order valence-electron chi connectivity index (χ4n) is 5.61. The average Bonchev–Trinajstić information content (AvgIpc) is 3.10. The number of rotatable bonds is 17. The number of carboxylic acid groups (broad SMARTS) is 1. The van der Waals surface area contributed by atoms with Crippen LogP contribution < -0.4 is 4.90 Å². The third-order valence-corrected chi connectivity index (χ3v) is 8.06. The molecule has 2 saturated heterocycles. The lowest BCUT2D eigenvalue weighted by atomic mass is 9.86. The van der Waals surface area contributed by atoms with Crippen LogP contribution in [0.3, 0.4) is 0 Å². The van der Waals surface area contributed by atoms with E-state index in [9.17, 15) is 19.1 Å². The number of aromatic carboxylic acids is 1. The van der Waals surface area contributed by atoms with Gasteiger partial charge in [-0.15, -0.1) is 12.3 Å². The van der Waals surface area contributed by atoms with Crippen LogP contribution in [-0.4, -0.2) is 80.3 Å². The highest BCUT2D eigenvalue weighted by Crippen LogP contribution is 2.36. The van der Waals surface area contributed by atoms with Crippen LogP contribution in [0.2, 0.25) is 0 Å². The van der Waals surface area contributed by atoms with Gasteiger partial charge in [-0.05, 0) is 63.0 Å². The van der Waals surface area contributed by atoms with Gasteiger partial charge < -0.3 is 24.2 Å². The first-order valence-electron chi connectivity index (χ1n) is 17.7. The molecule has 3 rings (SSSR count). The van der Waals surface area contributed by atoms with Gasteiger partial charge in [0.05, 0.1) is 24.5 Å². The van der Waals surface area contributed by atoms with Crippen LogP contribution in [0.5, 0.6) is 0 Å². The molecule has 2 fully saturated rings. The number of piperidine rings is 1. The molecule has 9 heteroatoms. The Morgan fingerprint density at radius 1 is 1.08 bits per heavy atom. The number of hydrogen-bond acceptors (Lipinski definition) is 6. The number of para-hydroxylation sites is 1. The van der Waals surface area contributed by atoms with E-state index in [2.05, 4.69) is 42.4 Å². The van der Waals surface area contributed by atoms with Crippen molar-refractivity contribution in [2.24, 2.45) is 0 Å². The molecule has 1 amide bonds. The molecule has 2 aliphatic heterocycles. The standard InChI is InChI=1S/C35H49FN2O6.C3H4.C2H6/c1-4-7-11-28(12-10-20-36)26-30(43-6-3)27-29(16-25-42-5-2)15-21-37-22-17-35(18-23-37)19-24-38(34(41)44-35)32-14-9-8-13-31(32)33(39)40;1-3-2;1-2/h8-14,16,27H,4-7,15,17-26H2,1-3H3,(H,39,40);1H,2H3;1-2H3/b12-10-,28-11+,29-16-,30-27+;;. The highest BCUT2D eigenvalue weighted by Gasteiger charge is 2.43. The Hall–Kier alpha value is -3.87. The fourth-order valence-corrected chi connectivity index (χ4v) is 5.61. The van der Waals surface area contributed by atoms with Gasteiger partial charge >= 0.3 is 12.1 Å². The lowest BCUT2D eigenvalue weighted by Gasteiger charge is -2.46. The average molecular weight is 683 g/mol. The third-order valence-electron chi connectivity index (χ3n) is 8.06. The Labute approximate surface area is 294 Å². The zero-order valence-corrected chi connectivity index (χ0v) is 30.6. The van der Waals surface area contributed by atoms with Crippen molar-refractivity contribution in [2.45, 2.75) is 92.1 Å². The zero-order valence-electron chi connectivity index (χ0n) is 30.6. The normalized spacial score (nSPS) is 16.7. The number of anilines is 1. The van der Waals surface area contributed by atoms with E-state index in [-0.39, 0.29) is 5.56 Å². The summed E-state index contributed by atoms with van der Waals surface area (Å²) >= 11 is 0. The second kappa shape index (κ2) is 25.2. The molecule has 0 aliphatic carbocycles. The molecule has 0 bridgehead atoms. The summed E-state index contributed by atoms with van der Waals surface area (Å²) in [7, 11) is 0. The minimum atomic E-state index is -1.07. The summed E-state index contributed by atoms with van der Waals surface area (Å²) in [6, 6.07) is 6.53. The van der Waals surface area contributed by atoms with Gasteiger partial charge in [0, 0.05) is 58.5 Å². The molecule has 49 heavy (non-hydrogen) atoms. The highest BCUT2D eigenvalue weighted by atomic mass is 19.1. The second-order valence-electron chi connectivity index (χ2n) is 11.4. The summed E-state index contributed by atoms with van der Waals surface area (Å²) < 4.78 is 30.5. The molecule has 0 radical (unpaired) electrons. The SMILES string of the molecule is C#CC.CC.CCC/C=C(\C=C/CF)C/C(=C\C(=C/COCC)CCN1CCC2(CC1)CCN(c1ccccc1C(=O)O)C(=O)O2)OCC. The van der Waals surface area contributed by atoms with Crippen LogP contribution in [0.4, 0.5) is 14.9 Å². The molecule has 2 heterocycles. The molecule has 8 nitrogen and oxygen atoms in total. The number of hydrogen-bond donors (Lipinski definition) is 1. The van der Waals surface area contributed by atoms with Gasteiger partial charge in [0.15, 0.2) is 0 Å². The summed E-state index contributed by atoms with van der Waals surface area (Å²) in [5, 5.41) is 9.56. The number of carbonyl (C=O) groups excluding carboxylic acids is 1. The quantitative estimate of drug-likeness (QED) is 0.0759. The fraction of sp³-hybridized carbons (Fsp3) is 0.550. The third kappa shape index (κ3) is 15.5. The zero-order chi connectivity index (χ0) is 36.5. The topological polar surface area (TPSA) is 88.5 Å². The minimum absolute atomic E-state index is 0.0920. The smallest absolute Gasteiger partial charge is 0.414 e. The lowest BCUT2D eigenvalue weighted by molar-refractivity contribution is -0.0480. The minimum Gasteiger partial charge on any atom is -0.498 e. The molecule has 0 unspecified atom stereocenters. The van der Waals surface area contributed by atoms with E-state index in [1.165, 1.54) is 17.0 Å². The molecule has 272 valence electrons. The first-order chi connectivity index (χ1) is 23.8. The molecule has 1 aromatic rings. The van der Waals surface area contributed by atoms with E-state index in [0.717, 1.165) is 68.6 Å². The van der Waals surface area contributed by atoms with Gasteiger partial charge in [-0.2, -0.15) is 0 Å². The van der Waals surface area contributed by atoms with E-state index in [1.54, 1.807) is 25.1 Å². The van der Waals surface area contributed by atoms with Gasteiger partial charge in [0.25, 0.3) is 0 Å². The monoisotopic (exact) mass is 682 g/mol. The van der Waals surface area contributed by atoms with Crippen molar-refractivity contribution in [1.29, 1.82) is 0 Å². The Morgan fingerprint density at radius 2 is 1.76 bits per heavy atom. The number of amides is 1. The van der Waals surface area contributed by atoms with Gasteiger partial charge in [0.2, 0.25) is 0 Å². The molecule has 1 aromatic carbocycles. The number of allylic oxidation sites excluding steroid dienone is 5. The van der Waals surface area contributed by atoms with Gasteiger partial charge in [0.1, 0.15) is 18.0 Å². The van der Waals surface area contributed by atoms with E-state index in [0.29, 0.717) is 44.9 Å². The highest BCUT2D eigenvalue weighted by molar-refractivity contribution is 6.00. The number of halogens is 1. The summed E-state index contributed by atoms with van der Waals surface area (Å²) in [4.78, 5) is 28.6.